The van der Waals surface area contributed by atoms with Crippen molar-refractivity contribution in [3.8, 4) is 6.07 Å². The summed E-state index contributed by atoms with van der Waals surface area (Å²) in [5, 5.41) is 12.2. The van der Waals surface area contributed by atoms with Crippen LogP contribution in [0.15, 0.2) is 22.7 Å². The third kappa shape index (κ3) is 2.62. The fourth-order valence-corrected chi connectivity index (χ4v) is 3.32. The molecule has 2 heterocycles. The second-order valence-corrected chi connectivity index (χ2v) is 5.97. The molecule has 0 radical (unpaired) electrons. The molecule has 1 N–H and O–H groups in total. The summed E-state index contributed by atoms with van der Waals surface area (Å²) in [5.74, 6) is 0. The molecule has 19 heavy (non-hydrogen) atoms. The zero-order chi connectivity index (χ0) is 13.2. The third-order valence-corrected chi connectivity index (χ3v) is 4.64. The molecular formula is C14H17BrN4. The molecule has 3 rings (SSSR count). The van der Waals surface area contributed by atoms with E-state index in [-0.39, 0.29) is 0 Å². The Hall–Kier alpha value is -1.09. The first-order chi connectivity index (χ1) is 9.28. The van der Waals surface area contributed by atoms with E-state index in [4.69, 9.17) is 5.26 Å². The molecule has 1 aromatic carbocycles. The lowest BCUT2D eigenvalue weighted by atomic mass is 10.1. The molecule has 2 saturated heterocycles. The Balaban J connectivity index is 1.66. The number of piperazine rings is 1. The monoisotopic (exact) mass is 320 g/mol. The first-order valence-corrected chi connectivity index (χ1v) is 7.46. The summed E-state index contributed by atoms with van der Waals surface area (Å²) in [5.41, 5.74) is 1.90. The van der Waals surface area contributed by atoms with Crippen LogP contribution in [0.5, 0.6) is 0 Å². The minimum atomic E-state index is 0.704. The second kappa shape index (κ2) is 5.49. The molecule has 2 fully saturated rings. The minimum Gasteiger partial charge on any atom is -0.368 e. The highest BCUT2D eigenvalue weighted by molar-refractivity contribution is 9.10. The van der Waals surface area contributed by atoms with Gasteiger partial charge < -0.3 is 10.2 Å². The smallest absolute Gasteiger partial charge is 0.0992 e. The van der Waals surface area contributed by atoms with Gasteiger partial charge in [-0.1, -0.05) is 0 Å². The first kappa shape index (κ1) is 12.9. The van der Waals surface area contributed by atoms with Crippen LogP contribution in [-0.2, 0) is 0 Å². The lowest BCUT2D eigenvalue weighted by Crippen LogP contribution is -2.61. The van der Waals surface area contributed by atoms with Crippen molar-refractivity contribution in [2.24, 2.45) is 0 Å². The van der Waals surface area contributed by atoms with Gasteiger partial charge in [0, 0.05) is 49.8 Å². The molecule has 1 aromatic rings. The van der Waals surface area contributed by atoms with Crippen LogP contribution in [0.2, 0.25) is 0 Å². The molecule has 0 aliphatic carbocycles. The Bertz CT molecular complexity index is 499. The van der Waals surface area contributed by atoms with E-state index >= 15 is 0 Å². The molecule has 2 aliphatic heterocycles. The zero-order valence-corrected chi connectivity index (χ0v) is 12.4. The van der Waals surface area contributed by atoms with Crippen LogP contribution in [0, 0.1) is 11.3 Å². The van der Waals surface area contributed by atoms with Gasteiger partial charge in [-0.25, -0.2) is 0 Å². The van der Waals surface area contributed by atoms with Crippen LogP contribution in [0.25, 0.3) is 0 Å². The Morgan fingerprint density at radius 1 is 1.21 bits per heavy atom. The lowest BCUT2D eigenvalue weighted by molar-refractivity contribution is 0.138. The van der Waals surface area contributed by atoms with Gasteiger partial charge in [-0.2, -0.15) is 5.26 Å². The van der Waals surface area contributed by atoms with Gasteiger partial charge in [0.1, 0.15) is 0 Å². The normalized spacial score (nSPS) is 20.9. The molecule has 0 atom stereocenters. The molecular weight excluding hydrogens is 304 g/mol. The molecule has 100 valence electrons. The number of hydrogen-bond donors (Lipinski definition) is 1. The molecule has 0 bridgehead atoms. The number of nitrogens with one attached hydrogen (secondary N) is 1. The Labute approximate surface area is 122 Å². The van der Waals surface area contributed by atoms with Crippen molar-refractivity contribution in [3.05, 3.63) is 28.2 Å². The molecule has 2 aliphatic rings. The maximum Gasteiger partial charge on any atom is 0.0992 e. The summed E-state index contributed by atoms with van der Waals surface area (Å²) in [6, 6.07) is 8.75. The van der Waals surface area contributed by atoms with Crippen LogP contribution >= 0.6 is 15.9 Å². The Morgan fingerprint density at radius 3 is 2.47 bits per heavy atom. The average molecular weight is 321 g/mol. The Kier molecular flexibility index (Phi) is 3.74. The largest absolute Gasteiger partial charge is 0.368 e. The number of benzene rings is 1. The van der Waals surface area contributed by atoms with Gasteiger partial charge in [0.15, 0.2) is 0 Å². The minimum absolute atomic E-state index is 0.704. The van der Waals surface area contributed by atoms with E-state index in [2.05, 4.69) is 37.1 Å². The van der Waals surface area contributed by atoms with Crippen molar-refractivity contribution in [3.63, 3.8) is 0 Å². The number of anilines is 1. The maximum atomic E-state index is 8.90. The summed E-state index contributed by atoms with van der Waals surface area (Å²) in [7, 11) is 0. The third-order valence-electron chi connectivity index (χ3n) is 4.01. The highest BCUT2D eigenvalue weighted by atomic mass is 79.9. The maximum absolute atomic E-state index is 8.90. The van der Waals surface area contributed by atoms with Crippen molar-refractivity contribution in [1.29, 1.82) is 5.26 Å². The molecule has 0 saturated carbocycles. The SMILES string of the molecule is N#Cc1ccc(N2CCN(C3CNC3)CC2)c(Br)c1. The standard InChI is InChI=1S/C14H17BrN4/c15-13-7-11(8-16)1-2-14(13)19-5-3-18(4-6-19)12-9-17-10-12/h1-2,7,12,17H,3-6,9-10H2. The van der Waals surface area contributed by atoms with Crippen LogP contribution in [-0.4, -0.2) is 50.2 Å². The fourth-order valence-electron chi connectivity index (χ4n) is 2.69. The Morgan fingerprint density at radius 2 is 1.95 bits per heavy atom. The lowest BCUT2D eigenvalue weighted by Gasteiger charge is -2.44. The molecule has 0 amide bonds. The topological polar surface area (TPSA) is 42.3 Å². The van der Waals surface area contributed by atoms with Gasteiger partial charge in [0.2, 0.25) is 0 Å². The highest BCUT2D eigenvalue weighted by Gasteiger charge is 2.28. The van der Waals surface area contributed by atoms with E-state index in [0.29, 0.717) is 5.56 Å². The number of nitrogens with zero attached hydrogens (tertiary/aromatic N) is 3. The van der Waals surface area contributed by atoms with Crippen LogP contribution in [0.1, 0.15) is 5.56 Å². The van der Waals surface area contributed by atoms with Gasteiger partial charge in [-0.3, -0.25) is 4.90 Å². The predicted octanol–water partition coefficient (Wildman–Crippen LogP) is 1.41. The van der Waals surface area contributed by atoms with E-state index in [1.54, 1.807) is 0 Å². The number of halogens is 1. The second-order valence-electron chi connectivity index (χ2n) is 5.11. The van der Waals surface area contributed by atoms with E-state index < -0.39 is 0 Å². The molecule has 4 nitrogen and oxygen atoms in total. The van der Waals surface area contributed by atoms with Crippen LogP contribution < -0.4 is 10.2 Å². The predicted molar refractivity (Wildman–Crippen MR) is 79.3 cm³/mol. The van der Waals surface area contributed by atoms with Gasteiger partial charge in [0.25, 0.3) is 0 Å². The van der Waals surface area contributed by atoms with Crippen molar-refractivity contribution >= 4 is 21.6 Å². The summed E-state index contributed by atoms with van der Waals surface area (Å²) < 4.78 is 1.02. The number of hydrogen-bond acceptors (Lipinski definition) is 4. The highest BCUT2D eigenvalue weighted by Crippen LogP contribution is 2.28. The molecule has 0 aromatic heterocycles. The van der Waals surface area contributed by atoms with Crippen LogP contribution in [0.3, 0.4) is 0 Å². The van der Waals surface area contributed by atoms with E-state index in [9.17, 15) is 0 Å². The van der Waals surface area contributed by atoms with Crippen molar-refractivity contribution in [2.45, 2.75) is 6.04 Å². The van der Waals surface area contributed by atoms with E-state index in [1.165, 1.54) is 5.69 Å². The number of nitriles is 1. The average Bonchev–Trinajstić information content (AvgIpc) is 2.38. The summed E-state index contributed by atoms with van der Waals surface area (Å²) in [6.07, 6.45) is 0. The van der Waals surface area contributed by atoms with Gasteiger partial charge in [-0.05, 0) is 34.1 Å². The fraction of sp³-hybridized carbons (Fsp3) is 0.500. The molecule has 5 heteroatoms. The van der Waals surface area contributed by atoms with Crippen LogP contribution in [0.4, 0.5) is 5.69 Å². The van der Waals surface area contributed by atoms with Crippen molar-refractivity contribution in [1.82, 2.24) is 10.2 Å². The van der Waals surface area contributed by atoms with E-state index in [0.717, 1.165) is 49.8 Å². The van der Waals surface area contributed by atoms with Crippen molar-refractivity contribution in [2.75, 3.05) is 44.2 Å². The summed E-state index contributed by atoms with van der Waals surface area (Å²) >= 11 is 3.58. The number of rotatable bonds is 2. The molecule has 0 spiro atoms. The molecule has 0 unspecified atom stereocenters. The summed E-state index contributed by atoms with van der Waals surface area (Å²) in [6.45, 7) is 6.64. The quantitative estimate of drug-likeness (QED) is 0.894. The van der Waals surface area contributed by atoms with Gasteiger partial charge in [0.05, 0.1) is 17.3 Å². The van der Waals surface area contributed by atoms with Gasteiger partial charge >= 0.3 is 0 Å². The van der Waals surface area contributed by atoms with Crippen molar-refractivity contribution < 1.29 is 0 Å². The summed E-state index contributed by atoms with van der Waals surface area (Å²) in [4.78, 5) is 4.97. The van der Waals surface area contributed by atoms with E-state index in [1.807, 2.05) is 18.2 Å². The van der Waals surface area contributed by atoms with Gasteiger partial charge in [-0.15, -0.1) is 0 Å². The zero-order valence-electron chi connectivity index (χ0n) is 10.8. The first-order valence-electron chi connectivity index (χ1n) is 6.67.